The van der Waals surface area contributed by atoms with Crippen molar-refractivity contribution in [3.8, 4) is 0 Å². The lowest BCUT2D eigenvalue weighted by Gasteiger charge is -2.16. The molecule has 0 spiro atoms. The summed E-state index contributed by atoms with van der Waals surface area (Å²) in [5.74, 6) is -2.19. The Morgan fingerprint density at radius 1 is 1.15 bits per heavy atom. The van der Waals surface area contributed by atoms with Crippen LogP contribution in [0.4, 0.5) is 14.5 Å². The van der Waals surface area contributed by atoms with Gasteiger partial charge in [-0.05, 0) is 37.6 Å². The van der Waals surface area contributed by atoms with Crippen molar-refractivity contribution in [2.24, 2.45) is 0 Å². The molecular formula is C19H20F2N2O3. The first-order chi connectivity index (χ1) is 12.3. The zero-order valence-corrected chi connectivity index (χ0v) is 14.7. The summed E-state index contributed by atoms with van der Waals surface area (Å²) in [5.41, 5.74) is 1.86. The number of nitrogens with one attached hydrogen (secondary N) is 2. The molecular weight excluding hydrogens is 342 g/mol. The van der Waals surface area contributed by atoms with Crippen molar-refractivity contribution < 1.29 is 23.1 Å². The van der Waals surface area contributed by atoms with Crippen LogP contribution in [0, 0.1) is 18.6 Å². The topological polar surface area (TPSA) is 67.4 Å². The van der Waals surface area contributed by atoms with Crippen LogP contribution in [0.3, 0.4) is 0 Å². The fourth-order valence-corrected chi connectivity index (χ4v) is 2.40. The van der Waals surface area contributed by atoms with Gasteiger partial charge in [0, 0.05) is 23.4 Å². The van der Waals surface area contributed by atoms with Gasteiger partial charge in [0.25, 0.3) is 0 Å². The summed E-state index contributed by atoms with van der Waals surface area (Å²) in [6.07, 6.45) is 0. The van der Waals surface area contributed by atoms with Gasteiger partial charge in [0.15, 0.2) is 0 Å². The third-order valence-electron chi connectivity index (χ3n) is 3.93. The Labute approximate surface area is 150 Å². The zero-order chi connectivity index (χ0) is 19.3. The number of aryl methyl sites for hydroxylation is 1. The average Bonchev–Trinajstić information content (AvgIpc) is 2.61. The van der Waals surface area contributed by atoms with Gasteiger partial charge in [0.05, 0.1) is 19.2 Å². The second-order valence-electron chi connectivity index (χ2n) is 5.84. The molecule has 138 valence electrons. The average molecular weight is 362 g/mol. The summed E-state index contributed by atoms with van der Waals surface area (Å²) >= 11 is 0. The van der Waals surface area contributed by atoms with Gasteiger partial charge in [0.2, 0.25) is 5.91 Å². The maximum atomic E-state index is 13.8. The molecule has 1 amide bonds. The van der Waals surface area contributed by atoms with Crippen LogP contribution < -0.4 is 10.6 Å². The number of esters is 1. The molecule has 2 N–H and O–H groups in total. The van der Waals surface area contributed by atoms with Gasteiger partial charge in [-0.15, -0.1) is 0 Å². The van der Waals surface area contributed by atoms with Crippen LogP contribution in [0.5, 0.6) is 0 Å². The van der Waals surface area contributed by atoms with E-state index < -0.39 is 23.6 Å². The normalized spacial score (nSPS) is 11.7. The molecule has 7 heteroatoms. The van der Waals surface area contributed by atoms with E-state index in [9.17, 15) is 18.4 Å². The molecule has 0 saturated carbocycles. The van der Waals surface area contributed by atoms with Crippen LogP contribution in [0.1, 0.15) is 34.5 Å². The van der Waals surface area contributed by atoms with E-state index in [2.05, 4.69) is 15.4 Å². The number of hydrogen-bond acceptors (Lipinski definition) is 4. The Hall–Kier alpha value is -2.80. The van der Waals surface area contributed by atoms with Crippen molar-refractivity contribution in [2.75, 3.05) is 19.0 Å². The van der Waals surface area contributed by atoms with Crippen LogP contribution in [-0.2, 0) is 9.53 Å². The zero-order valence-electron chi connectivity index (χ0n) is 14.7. The Bertz CT molecular complexity index is 824. The highest BCUT2D eigenvalue weighted by Gasteiger charge is 2.14. The molecule has 0 heterocycles. The minimum atomic E-state index is -0.674. The summed E-state index contributed by atoms with van der Waals surface area (Å²) < 4.78 is 31.4. The van der Waals surface area contributed by atoms with E-state index in [1.807, 2.05) is 0 Å². The lowest BCUT2D eigenvalue weighted by molar-refractivity contribution is -0.115. The van der Waals surface area contributed by atoms with E-state index in [0.717, 1.165) is 11.6 Å². The van der Waals surface area contributed by atoms with Gasteiger partial charge < -0.3 is 15.4 Å². The molecule has 2 aromatic rings. The molecule has 0 aromatic heterocycles. The van der Waals surface area contributed by atoms with Gasteiger partial charge in [-0.2, -0.15) is 0 Å². The number of carbonyl (C=O) groups is 2. The minimum absolute atomic E-state index is 0.0835. The summed E-state index contributed by atoms with van der Waals surface area (Å²) in [7, 11) is 1.28. The SMILES string of the molecule is COC(=O)c1ccc(C)c(NC(=O)CN[C@H](C)c2ccc(F)cc2F)c1. The lowest BCUT2D eigenvalue weighted by atomic mass is 10.1. The van der Waals surface area contributed by atoms with E-state index >= 15 is 0 Å². The van der Waals surface area contributed by atoms with Crippen molar-refractivity contribution in [1.29, 1.82) is 0 Å². The number of benzene rings is 2. The predicted octanol–water partition coefficient (Wildman–Crippen LogP) is 3.35. The van der Waals surface area contributed by atoms with Gasteiger partial charge in [-0.25, -0.2) is 13.6 Å². The Kier molecular flexibility index (Phi) is 6.41. The third kappa shape index (κ3) is 4.86. The molecule has 0 saturated heterocycles. The van der Waals surface area contributed by atoms with Crippen molar-refractivity contribution >= 4 is 17.6 Å². The highest BCUT2D eigenvalue weighted by Crippen LogP contribution is 2.19. The third-order valence-corrected chi connectivity index (χ3v) is 3.93. The van der Waals surface area contributed by atoms with E-state index in [4.69, 9.17) is 0 Å². The summed E-state index contributed by atoms with van der Waals surface area (Å²) in [6, 6.07) is 7.66. The number of anilines is 1. The minimum Gasteiger partial charge on any atom is -0.465 e. The number of hydrogen-bond donors (Lipinski definition) is 2. The first-order valence-corrected chi connectivity index (χ1v) is 7.99. The van der Waals surface area contributed by atoms with Crippen LogP contribution in [0.2, 0.25) is 0 Å². The molecule has 1 atom stereocenters. The summed E-state index contributed by atoms with van der Waals surface area (Å²) in [5, 5.41) is 5.58. The van der Waals surface area contributed by atoms with Gasteiger partial charge >= 0.3 is 5.97 Å². The van der Waals surface area contributed by atoms with Crippen molar-refractivity contribution in [2.45, 2.75) is 19.9 Å². The molecule has 0 unspecified atom stereocenters. The molecule has 26 heavy (non-hydrogen) atoms. The van der Waals surface area contributed by atoms with Crippen LogP contribution >= 0.6 is 0 Å². The molecule has 0 aliphatic heterocycles. The molecule has 0 fully saturated rings. The molecule has 5 nitrogen and oxygen atoms in total. The first kappa shape index (κ1) is 19.5. The van der Waals surface area contributed by atoms with Crippen molar-refractivity contribution in [1.82, 2.24) is 5.32 Å². The highest BCUT2D eigenvalue weighted by atomic mass is 19.1. The van der Waals surface area contributed by atoms with E-state index in [1.54, 1.807) is 26.0 Å². The maximum Gasteiger partial charge on any atom is 0.337 e. The van der Waals surface area contributed by atoms with Gasteiger partial charge in [-0.3, -0.25) is 4.79 Å². The van der Waals surface area contributed by atoms with Crippen molar-refractivity contribution in [3.05, 3.63) is 64.7 Å². The number of halogens is 2. The summed E-state index contributed by atoms with van der Waals surface area (Å²) in [4.78, 5) is 23.7. The summed E-state index contributed by atoms with van der Waals surface area (Å²) in [6.45, 7) is 3.38. The lowest BCUT2D eigenvalue weighted by Crippen LogP contribution is -2.30. The quantitative estimate of drug-likeness (QED) is 0.774. The number of methoxy groups -OCH3 is 1. The largest absolute Gasteiger partial charge is 0.465 e. The molecule has 2 rings (SSSR count). The van der Waals surface area contributed by atoms with Crippen LogP contribution in [-0.4, -0.2) is 25.5 Å². The molecule has 0 aliphatic rings. The fourth-order valence-electron chi connectivity index (χ4n) is 2.40. The number of rotatable bonds is 6. The Morgan fingerprint density at radius 2 is 1.88 bits per heavy atom. The highest BCUT2D eigenvalue weighted by molar-refractivity contribution is 5.96. The smallest absolute Gasteiger partial charge is 0.337 e. The molecule has 2 aromatic carbocycles. The molecule has 0 bridgehead atoms. The Morgan fingerprint density at radius 3 is 2.54 bits per heavy atom. The van der Waals surface area contributed by atoms with Crippen LogP contribution in [0.15, 0.2) is 36.4 Å². The number of carbonyl (C=O) groups excluding carboxylic acids is 2. The second kappa shape index (κ2) is 8.53. The van der Waals surface area contributed by atoms with E-state index in [1.165, 1.54) is 25.3 Å². The van der Waals surface area contributed by atoms with Crippen LogP contribution in [0.25, 0.3) is 0 Å². The monoisotopic (exact) mass is 362 g/mol. The second-order valence-corrected chi connectivity index (χ2v) is 5.84. The molecule has 0 aliphatic carbocycles. The molecule has 0 radical (unpaired) electrons. The predicted molar refractivity (Wildman–Crippen MR) is 93.9 cm³/mol. The van der Waals surface area contributed by atoms with Gasteiger partial charge in [-0.1, -0.05) is 12.1 Å². The number of ether oxygens (including phenoxy) is 1. The van der Waals surface area contributed by atoms with E-state index in [0.29, 0.717) is 11.3 Å². The standard InChI is InChI=1S/C19H20F2N2O3/c1-11-4-5-13(19(25)26-3)8-17(11)23-18(24)10-22-12(2)15-7-6-14(20)9-16(15)21/h4-9,12,22H,10H2,1-3H3,(H,23,24)/t12-/m1/s1. The van der Waals surface area contributed by atoms with Crippen molar-refractivity contribution in [3.63, 3.8) is 0 Å². The first-order valence-electron chi connectivity index (χ1n) is 7.99. The fraction of sp³-hybridized carbons (Fsp3) is 0.263. The van der Waals surface area contributed by atoms with E-state index in [-0.39, 0.29) is 18.0 Å². The Balaban J connectivity index is 1.99. The maximum absolute atomic E-state index is 13.8. The van der Waals surface area contributed by atoms with Gasteiger partial charge in [0.1, 0.15) is 11.6 Å². The number of amides is 1.